The van der Waals surface area contributed by atoms with Crippen LogP contribution in [0.15, 0.2) is 0 Å². The number of unbranched alkanes of at least 4 members (excludes halogenated alkanes) is 12. The molecule has 1 atom stereocenters. The van der Waals surface area contributed by atoms with E-state index < -0.39 is 7.82 Å². The van der Waals surface area contributed by atoms with Gasteiger partial charge in [0.05, 0.1) is 34.4 Å². The fourth-order valence-electron chi connectivity index (χ4n) is 3.00. The van der Waals surface area contributed by atoms with Gasteiger partial charge in [0.25, 0.3) is 0 Å². The number of likely N-dealkylation sites (N-methyl/N-ethyl adjacent to an activating group) is 1. The Bertz CT molecular complexity index is 401. The Morgan fingerprint density at radius 1 is 0.655 bits per heavy atom. The molecule has 176 valence electrons. The van der Waals surface area contributed by atoms with Gasteiger partial charge < -0.3 is 14.1 Å². The molecule has 29 heavy (non-hydrogen) atoms. The van der Waals surface area contributed by atoms with Gasteiger partial charge in [0, 0.05) is 6.61 Å². The van der Waals surface area contributed by atoms with Gasteiger partial charge in [-0.25, -0.2) is 4.57 Å². The number of phosphoric acid groups is 1. The van der Waals surface area contributed by atoms with Crippen molar-refractivity contribution in [2.75, 3.05) is 54.1 Å². The van der Waals surface area contributed by atoms with E-state index in [0.29, 0.717) is 24.2 Å². The summed E-state index contributed by atoms with van der Waals surface area (Å²) in [5, 5.41) is 0. The first-order valence-electron chi connectivity index (χ1n) is 11.8. The summed E-state index contributed by atoms with van der Waals surface area (Å²) in [6, 6.07) is 0. The number of phosphoric ester groups is 1. The highest BCUT2D eigenvalue weighted by molar-refractivity contribution is 7.47. The Labute approximate surface area is 180 Å². The average molecular weight is 439 g/mol. The van der Waals surface area contributed by atoms with Crippen molar-refractivity contribution >= 4 is 7.82 Å². The molecule has 0 aromatic heterocycles. The second-order valence-corrected chi connectivity index (χ2v) is 10.5. The van der Waals surface area contributed by atoms with Crippen LogP contribution in [0.2, 0.25) is 0 Å². The van der Waals surface area contributed by atoms with E-state index in [4.69, 9.17) is 13.8 Å². The van der Waals surface area contributed by atoms with Crippen molar-refractivity contribution in [2.45, 2.75) is 90.4 Å². The summed E-state index contributed by atoms with van der Waals surface area (Å²) in [5.41, 5.74) is 0. The van der Waals surface area contributed by atoms with Crippen LogP contribution in [0.4, 0.5) is 0 Å². The van der Waals surface area contributed by atoms with Gasteiger partial charge in [0.2, 0.25) is 0 Å². The minimum Gasteiger partial charge on any atom is -0.379 e. The molecule has 1 N–H and O–H groups in total. The lowest BCUT2D eigenvalue weighted by Crippen LogP contribution is -2.37. The third kappa shape index (κ3) is 24.2. The molecule has 0 rings (SSSR count). The van der Waals surface area contributed by atoms with E-state index in [9.17, 15) is 9.46 Å². The smallest absolute Gasteiger partial charge is 0.379 e. The van der Waals surface area contributed by atoms with Gasteiger partial charge in [-0.1, -0.05) is 84.0 Å². The van der Waals surface area contributed by atoms with Crippen LogP contribution in [-0.2, 0) is 18.3 Å². The second-order valence-electron chi connectivity index (χ2n) is 9.00. The van der Waals surface area contributed by atoms with Gasteiger partial charge >= 0.3 is 7.82 Å². The molecule has 0 aliphatic carbocycles. The number of ether oxygens (including phenoxy) is 1. The van der Waals surface area contributed by atoms with Crippen molar-refractivity contribution in [1.82, 2.24) is 0 Å². The average Bonchev–Trinajstić information content (AvgIpc) is 2.63. The zero-order chi connectivity index (χ0) is 21.8. The molecular weight excluding hydrogens is 389 g/mol. The lowest BCUT2D eigenvalue weighted by molar-refractivity contribution is -0.870. The molecule has 0 saturated carbocycles. The first-order chi connectivity index (χ1) is 13.8. The zero-order valence-corrected chi connectivity index (χ0v) is 20.6. The minimum absolute atomic E-state index is 0.0800. The Kier molecular flexibility index (Phi) is 18.8. The normalized spacial score (nSPS) is 14.2. The van der Waals surface area contributed by atoms with Gasteiger partial charge in [-0.15, -0.1) is 0 Å². The number of hydrogen-bond donors (Lipinski definition) is 1. The summed E-state index contributed by atoms with van der Waals surface area (Å²) in [5.74, 6) is 0. The van der Waals surface area contributed by atoms with Crippen molar-refractivity contribution in [1.29, 1.82) is 0 Å². The van der Waals surface area contributed by atoms with E-state index in [1.54, 1.807) is 0 Å². The number of hydrogen-bond acceptors (Lipinski definition) is 4. The summed E-state index contributed by atoms with van der Waals surface area (Å²) >= 11 is 0. The maximum absolute atomic E-state index is 11.7. The van der Waals surface area contributed by atoms with E-state index >= 15 is 0 Å². The van der Waals surface area contributed by atoms with Gasteiger partial charge in [-0.3, -0.25) is 9.05 Å². The largest absolute Gasteiger partial charge is 0.472 e. The van der Waals surface area contributed by atoms with Crippen LogP contribution in [0.1, 0.15) is 90.4 Å². The highest BCUT2D eigenvalue weighted by Crippen LogP contribution is 2.42. The molecule has 0 radical (unpaired) electrons. The van der Waals surface area contributed by atoms with E-state index in [1.807, 2.05) is 21.1 Å². The molecule has 0 aromatic rings. The molecule has 0 fully saturated rings. The molecule has 0 amide bonds. The lowest BCUT2D eigenvalue weighted by atomic mass is 10.0. The summed E-state index contributed by atoms with van der Waals surface area (Å²) in [6.07, 6.45) is 17.3. The molecule has 7 heteroatoms. The SMILES string of the molecule is CCCCCCCCCCCCCCCOCCOP(=O)(O)OCC[N+](C)(C)C. The molecule has 1 unspecified atom stereocenters. The predicted molar refractivity (Wildman–Crippen MR) is 121 cm³/mol. The third-order valence-corrected chi connectivity index (χ3v) is 5.91. The maximum atomic E-state index is 11.7. The van der Waals surface area contributed by atoms with Crippen molar-refractivity contribution < 1.29 is 27.7 Å². The molecule has 0 aromatic carbocycles. The maximum Gasteiger partial charge on any atom is 0.472 e. The molecule has 0 saturated heterocycles. The monoisotopic (exact) mass is 438 g/mol. The summed E-state index contributed by atoms with van der Waals surface area (Å²) in [6.45, 7) is 4.18. The fourth-order valence-corrected chi connectivity index (χ4v) is 3.69. The summed E-state index contributed by atoms with van der Waals surface area (Å²) in [7, 11) is 2.03. The second kappa shape index (κ2) is 18.8. The quantitative estimate of drug-likeness (QED) is 0.129. The molecule has 6 nitrogen and oxygen atoms in total. The van der Waals surface area contributed by atoms with Crippen LogP contribution >= 0.6 is 7.82 Å². The molecule has 0 spiro atoms. The van der Waals surface area contributed by atoms with Crippen LogP contribution in [0.3, 0.4) is 0 Å². The molecule has 0 bridgehead atoms. The van der Waals surface area contributed by atoms with Gasteiger partial charge in [-0.2, -0.15) is 0 Å². The Morgan fingerprint density at radius 2 is 1.10 bits per heavy atom. The van der Waals surface area contributed by atoms with Crippen LogP contribution in [0.25, 0.3) is 0 Å². The van der Waals surface area contributed by atoms with Crippen LogP contribution < -0.4 is 0 Å². The van der Waals surface area contributed by atoms with Crippen molar-refractivity contribution in [3.63, 3.8) is 0 Å². The third-order valence-electron chi connectivity index (χ3n) is 4.89. The van der Waals surface area contributed by atoms with Crippen LogP contribution in [0.5, 0.6) is 0 Å². The van der Waals surface area contributed by atoms with E-state index in [0.717, 1.165) is 6.42 Å². The standard InChI is InChI=1S/C22H48NO5P/c1-5-6-7-8-9-10-11-12-13-14-15-16-17-19-26-21-22-28-29(24,25)27-20-18-23(2,3)4/h5-22H2,1-4H3/p+1. The minimum atomic E-state index is -3.96. The van der Waals surface area contributed by atoms with E-state index in [2.05, 4.69) is 6.92 Å². The van der Waals surface area contributed by atoms with E-state index in [-0.39, 0.29) is 13.2 Å². The molecular formula is C22H49NO5P+. The van der Waals surface area contributed by atoms with Crippen molar-refractivity contribution in [2.24, 2.45) is 0 Å². The van der Waals surface area contributed by atoms with Gasteiger partial charge in [0.15, 0.2) is 0 Å². The van der Waals surface area contributed by atoms with Crippen molar-refractivity contribution in [3.05, 3.63) is 0 Å². The number of nitrogens with zero attached hydrogens (tertiary/aromatic N) is 1. The number of quaternary nitrogens is 1. The Hall–Kier alpha value is 0.0300. The Morgan fingerprint density at radius 3 is 1.59 bits per heavy atom. The molecule has 0 aliphatic heterocycles. The zero-order valence-electron chi connectivity index (χ0n) is 19.7. The molecule has 0 aliphatic rings. The first kappa shape index (κ1) is 29.0. The summed E-state index contributed by atoms with van der Waals surface area (Å²) < 4.78 is 27.7. The topological polar surface area (TPSA) is 65.0 Å². The Balaban J connectivity index is 3.28. The highest BCUT2D eigenvalue weighted by atomic mass is 31.2. The van der Waals surface area contributed by atoms with Crippen molar-refractivity contribution in [3.8, 4) is 0 Å². The highest BCUT2D eigenvalue weighted by Gasteiger charge is 2.22. The van der Waals surface area contributed by atoms with E-state index in [1.165, 1.54) is 77.0 Å². The predicted octanol–water partition coefficient (Wildman–Crippen LogP) is 5.93. The number of rotatable bonds is 22. The fraction of sp³-hybridized carbons (Fsp3) is 1.00. The van der Waals surface area contributed by atoms with Crippen LogP contribution in [-0.4, -0.2) is 63.5 Å². The first-order valence-corrected chi connectivity index (χ1v) is 13.3. The summed E-state index contributed by atoms with van der Waals surface area (Å²) in [4.78, 5) is 9.59. The van der Waals surface area contributed by atoms with Crippen LogP contribution in [0, 0.1) is 0 Å². The lowest BCUT2D eigenvalue weighted by Gasteiger charge is -2.24. The molecule has 0 heterocycles. The van der Waals surface area contributed by atoms with Gasteiger partial charge in [-0.05, 0) is 6.42 Å². The van der Waals surface area contributed by atoms with Gasteiger partial charge in [0.1, 0.15) is 13.2 Å².